The summed E-state index contributed by atoms with van der Waals surface area (Å²) in [6.45, 7) is 1.35. The number of aliphatic hydroxyl groups is 1. The third-order valence-electron chi connectivity index (χ3n) is 3.60. The van der Waals surface area contributed by atoms with Crippen molar-refractivity contribution in [1.82, 2.24) is 5.32 Å². The molecule has 1 saturated carbocycles. The first kappa shape index (κ1) is 10.9. The monoisotopic (exact) mass is 213 g/mol. The van der Waals surface area contributed by atoms with Gasteiger partial charge in [-0.15, -0.1) is 0 Å². The standard InChI is InChI=1S/C11H19NO3/c13-6-11(7-15-8-11)10(14)12-5-4-9-2-1-3-9/h9,13H,1-8H2,(H,12,14). The minimum atomic E-state index is -0.639. The van der Waals surface area contributed by atoms with Gasteiger partial charge in [-0.2, -0.15) is 0 Å². The van der Waals surface area contributed by atoms with E-state index in [-0.39, 0.29) is 12.5 Å². The van der Waals surface area contributed by atoms with Crippen molar-refractivity contribution in [2.75, 3.05) is 26.4 Å². The van der Waals surface area contributed by atoms with Crippen LogP contribution < -0.4 is 5.32 Å². The zero-order chi connectivity index (χ0) is 10.7. The Balaban J connectivity index is 1.67. The van der Waals surface area contributed by atoms with E-state index < -0.39 is 5.41 Å². The molecule has 0 unspecified atom stereocenters. The van der Waals surface area contributed by atoms with Gasteiger partial charge in [0.25, 0.3) is 0 Å². The Bertz CT molecular complexity index is 228. The highest BCUT2D eigenvalue weighted by molar-refractivity contribution is 5.83. The number of ether oxygens (including phenoxy) is 1. The van der Waals surface area contributed by atoms with Crippen LogP contribution in [0.25, 0.3) is 0 Å². The topological polar surface area (TPSA) is 58.6 Å². The van der Waals surface area contributed by atoms with Crippen molar-refractivity contribution < 1.29 is 14.6 Å². The van der Waals surface area contributed by atoms with E-state index in [0.29, 0.717) is 13.2 Å². The van der Waals surface area contributed by atoms with Crippen LogP contribution in [0, 0.1) is 11.3 Å². The Kier molecular flexibility index (Phi) is 3.26. The third-order valence-corrected chi connectivity index (χ3v) is 3.60. The first-order valence-corrected chi connectivity index (χ1v) is 5.74. The molecular formula is C11H19NO3. The van der Waals surface area contributed by atoms with Crippen molar-refractivity contribution in [3.63, 3.8) is 0 Å². The number of carbonyl (C=O) groups is 1. The van der Waals surface area contributed by atoms with Crippen molar-refractivity contribution in [2.45, 2.75) is 25.7 Å². The molecule has 1 aliphatic heterocycles. The first-order valence-electron chi connectivity index (χ1n) is 5.74. The zero-order valence-corrected chi connectivity index (χ0v) is 9.00. The number of aliphatic hydroxyl groups excluding tert-OH is 1. The summed E-state index contributed by atoms with van der Waals surface area (Å²) < 4.78 is 4.99. The SMILES string of the molecule is O=C(NCCC1CCC1)C1(CO)COC1. The Morgan fingerprint density at radius 3 is 2.60 bits per heavy atom. The summed E-state index contributed by atoms with van der Waals surface area (Å²) in [6, 6.07) is 0. The molecule has 2 fully saturated rings. The molecule has 0 spiro atoms. The minimum Gasteiger partial charge on any atom is -0.395 e. The van der Waals surface area contributed by atoms with Gasteiger partial charge in [0, 0.05) is 6.54 Å². The molecule has 0 aromatic heterocycles. The van der Waals surface area contributed by atoms with E-state index in [1.165, 1.54) is 19.3 Å². The van der Waals surface area contributed by atoms with Crippen LogP contribution in [0.1, 0.15) is 25.7 Å². The van der Waals surface area contributed by atoms with Gasteiger partial charge in [0.1, 0.15) is 5.41 Å². The highest BCUT2D eigenvalue weighted by Crippen LogP contribution is 2.29. The van der Waals surface area contributed by atoms with Crippen molar-refractivity contribution in [3.05, 3.63) is 0 Å². The summed E-state index contributed by atoms with van der Waals surface area (Å²) in [5.74, 6) is 0.767. The third kappa shape index (κ3) is 2.16. The van der Waals surface area contributed by atoms with Crippen molar-refractivity contribution >= 4 is 5.91 Å². The second kappa shape index (κ2) is 4.49. The molecule has 0 radical (unpaired) electrons. The molecule has 4 nitrogen and oxygen atoms in total. The predicted octanol–water partition coefficient (Wildman–Crippen LogP) is 0.302. The van der Waals surface area contributed by atoms with Gasteiger partial charge in [-0.05, 0) is 12.3 Å². The highest BCUT2D eigenvalue weighted by Gasteiger charge is 2.45. The van der Waals surface area contributed by atoms with Crippen molar-refractivity contribution in [3.8, 4) is 0 Å². The van der Waals surface area contributed by atoms with Crippen LogP contribution >= 0.6 is 0 Å². The summed E-state index contributed by atoms with van der Waals surface area (Å²) in [6.07, 6.45) is 5.04. The van der Waals surface area contributed by atoms with Crippen LogP contribution in [0.15, 0.2) is 0 Å². The number of hydrogen-bond acceptors (Lipinski definition) is 3. The molecule has 0 bridgehead atoms. The van der Waals surface area contributed by atoms with E-state index in [1.54, 1.807) is 0 Å². The molecule has 1 amide bonds. The number of rotatable bonds is 5. The van der Waals surface area contributed by atoms with Gasteiger partial charge in [0.05, 0.1) is 19.8 Å². The fourth-order valence-electron chi connectivity index (χ4n) is 2.00. The zero-order valence-electron chi connectivity index (χ0n) is 9.00. The fraction of sp³-hybridized carbons (Fsp3) is 0.909. The lowest BCUT2D eigenvalue weighted by Crippen LogP contribution is -2.56. The average molecular weight is 213 g/mol. The summed E-state index contributed by atoms with van der Waals surface area (Å²) in [5.41, 5.74) is -0.639. The molecule has 1 aliphatic carbocycles. The van der Waals surface area contributed by atoms with Gasteiger partial charge in [-0.25, -0.2) is 0 Å². The Labute approximate surface area is 90.0 Å². The van der Waals surface area contributed by atoms with Gasteiger partial charge < -0.3 is 15.2 Å². The maximum Gasteiger partial charge on any atom is 0.233 e. The van der Waals surface area contributed by atoms with Crippen molar-refractivity contribution in [1.29, 1.82) is 0 Å². The second-order valence-electron chi connectivity index (χ2n) is 4.77. The van der Waals surface area contributed by atoms with Gasteiger partial charge in [0.15, 0.2) is 0 Å². The molecule has 2 rings (SSSR count). The Morgan fingerprint density at radius 1 is 1.47 bits per heavy atom. The largest absolute Gasteiger partial charge is 0.395 e. The number of nitrogens with one attached hydrogen (secondary N) is 1. The summed E-state index contributed by atoms with van der Waals surface area (Å²) in [7, 11) is 0. The molecule has 86 valence electrons. The van der Waals surface area contributed by atoms with Crippen LogP contribution in [0.3, 0.4) is 0 Å². The maximum absolute atomic E-state index is 11.7. The smallest absolute Gasteiger partial charge is 0.233 e. The molecular weight excluding hydrogens is 194 g/mol. The maximum atomic E-state index is 11.7. The summed E-state index contributed by atoms with van der Waals surface area (Å²) in [5, 5.41) is 12.0. The number of hydrogen-bond donors (Lipinski definition) is 2. The lowest BCUT2D eigenvalue weighted by atomic mass is 9.82. The quantitative estimate of drug-likeness (QED) is 0.690. The molecule has 0 atom stereocenters. The van der Waals surface area contributed by atoms with Crippen LogP contribution in [0.2, 0.25) is 0 Å². The van der Waals surface area contributed by atoms with Crippen LogP contribution in [-0.2, 0) is 9.53 Å². The molecule has 0 aromatic rings. The van der Waals surface area contributed by atoms with E-state index in [1.807, 2.05) is 0 Å². The molecule has 1 heterocycles. The summed E-state index contributed by atoms with van der Waals surface area (Å²) in [4.78, 5) is 11.7. The Morgan fingerprint density at radius 2 is 2.20 bits per heavy atom. The molecule has 0 aromatic carbocycles. The van der Waals surface area contributed by atoms with E-state index >= 15 is 0 Å². The Hall–Kier alpha value is -0.610. The fourth-order valence-corrected chi connectivity index (χ4v) is 2.00. The first-order chi connectivity index (χ1) is 7.27. The minimum absolute atomic E-state index is 0.0458. The van der Waals surface area contributed by atoms with Crippen LogP contribution in [0.5, 0.6) is 0 Å². The van der Waals surface area contributed by atoms with E-state index in [4.69, 9.17) is 9.84 Å². The molecule has 4 heteroatoms. The average Bonchev–Trinajstić information content (AvgIpc) is 2.08. The van der Waals surface area contributed by atoms with Crippen LogP contribution in [-0.4, -0.2) is 37.4 Å². The van der Waals surface area contributed by atoms with E-state index in [0.717, 1.165) is 18.9 Å². The number of amides is 1. The molecule has 2 N–H and O–H groups in total. The lowest BCUT2D eigenvalue weighted by Gasteiger charge is -2.38. The van der Waals surface area contributed by atoms with Gasteiger partial charge in [0.2, 0.25) is 5.91 Å². The summed E-state index contributed by atoms with van der Waals surface area (Å²) >= 11 is 0. The molecule has 2 aliphatic rings. The molecule has 1 saturated heterocycles. The van der Waals surface area contributed by atoms with Crippen molar-refractivity contribution in [2.24, 2.45) is 11.3 Å². The predicted molar refractivity (Wildman–Crippen MR) is 55.3 cm³/mol. The lowest BCUT2D eigenvalue weighted by molar-refractivity contribution is -0.170. The number of carbonyl (C=O) groups excluding carboxylic acids is 1. The van der Waals surface area contributed by atoms with E-state index in [9.17, 15) is 4.79 Å². The highest BCUT2D eigenvalue weighted by atomic mass is 16.5. The normalized spacial score (nSPS) is 24.1. The van der Waals surface area contributed by atoms with Gasteiger partial charge in [-0.3, -0.25) is 4.79 Å². The second-order valence-corrected chi connectivity index (χ2v) is 4.77. The molecule has 15 heavy (non-hydrogen) atoms. The van der Waals surface area contributed by atoms with Gasteiger partial charge in [-0.1, -0.05) is 19.3 Å². The van der Waals surface area contributed by atoms with Crippen LogP contribution in [0.4, 0.5) is 0 Å². The van der Waals surface area contributed by atoms with E-state index in [2.05, 4.69) is 5.32 Å². The van der Waals surface area contributed by atoms with Gasteiger partial charge >= 0.3 is 0 Å².